The molecular weight excluding hydrogens is 340 g/mol. The first-order valence-electron chi connectivity index (χ1n) is 9.69. The number of aromatic nitrogens is 2. The van der Waals surface area contributed by atoms with E-state index in [1.54, 1.807) is 10.6 Å². The van der Waals surface area contributed by atoms with Crippen LogP contribution >= 0.6 is 0 Å². The molecule has 1 unspecified atom stereocenters. The Labute approximate surface area is 161 Å². The molecule has 0 N–H and O–H groups in total. The van der Waals surface area contributed by atoms with E-state index in [2.05, 4.69) is 4.90 Å². The van der Waals surface area contributed by atoms with Crippen molar-refractivity contribution in [2.45, 2.75) is 46.7 Å². The molecule has 0 fully saturated rings. The number of rotatable bonds is 8. The second-order valence-electron chi connectivity index (χ2n) is 7.70. The SMILES string of the molecule is CCn1c(C(C)N(CCN(C)C)C(=O)CC(C)C)nc2ccccc2c1=O. The standard InChI is InChI=1S/C21H32N4O2/c1-7-24-20(22-18-11-9-8-10-17(18)21(24)27)16(4)25(13-12-23(5)6)19(26)14-15(2)3/h8-11,15-16H,7,12-14H2,1-6H3. The highest BCUT2D eigenvalue weighted by molar-refractivity contribution is 5.78. The van der Waals surface area contributed by atoms with Crippen LogP contribution in [-0.2, 0) is 11.3 Å². The van der Waals surface area contributed by atoms with Gasteiger partial charge in [0.2, 0.25) is 5.91 Å². The van der Waals surface area contributed by atoms with Gasteiger partial charge in [0.15, 0.2) is 0 Å². The second-order valence-corrected chi connectivity index (χ2v) is 7.70. The van der Waals surface area contributed by atoms with Gasteiger partial charge in [-0.3, -0.25) is 14.2 Å². The molecule has 0 saturated heterocycles. The van der Waals surface area contributed by atoms with E-state index in [0.717, 1.165) is 6.54 Å². The highest BCUT2D eigenvalue weighted by atomic mass is 16.2. The monoisotopic (exact) mass is 372 g/mol. The smallest absolute Gasteiger partial charge is 0.261 e. The summed E-state index contributed by atoms with van der Waals surface area (Å²) in [5.74, 6) is 1.03. The lowest BCUT2D eigenvalue weighted by molar-refractivity contribution is -0.134. The molecule has 6 nitrogen and oxygen atoms in total. The van der Waals surface area contributed by atoms with Crippen LogP contribution in [-0.4, -0.2) is 52.4 Å². The third-order valence-corrected chi connectivity index (χ3v) is 4.74. The molecule has 27 heavy (non-hydrogen) atoms. The lowest BCUT2D eigenvalue weighted by Gasteiger charge is -2.32. The summed E-state index contributed by atoms with van der Waals surface area (Å²) >= 11 is 0. The molecule has 1 aromatic heterocycles. The summed E-state index contributed by atoms with van der Waals surface area (Å²) in [4.78, 5) is 34.5. The van der Waals surface area contributed by atoms with Gasteiger partial charge in [0, 0.05) is 26.1 Å². The number of fused-ring (bicyclic) bond motifs is 1. The molecule has 0 spiro atoms. The van der Waals surface area contributed by atoms with Crippen LogP contribution in [0.5, 0.6) is 0 Å². The van der Waals surface area contributed by atoms with Gasteiger partial charge < -0.3 is 9.80 Å². The summed E-state index contributed by atoms with van der Waals surface area (Å²) < 4.78 is 1.69. The Kier molecular flexibility index (Phi) is 7.13. The predicted molar refractivity (Wildman–Crippen MR) is 110 cm³/mol. The van der Waals surface area contributed by atoms with E-state index < -0.39 is 0 Å². The number of carbonyl (C=O) groups is 1. The molecule has 0 saturated carbocycles. The molecule has 1 amide bonds. The van der Waals surface area contributed by atoms with Gasteiger partial charge in [-0.15, -0.1) is 0 Å². The van der Waals surface area contributed by atoms with Crippen molar-refractivity contribution >= 4 is 16.8 Å². The van der Waals surface area contributed by atoms with E-state index >= 15 is 0 Å². The van der Waals surface area contributed by atoms with Crippen LogP contribution in [0.15, 0.2) is 29.1 Å². The van der Waals surface area contributed by atoms with Crippen LogP contribution in [0.3, 0.4) is 0 Å². The van der Waals surface area contributed by atoms with Gasteiger partial charge in [-0.2, -0.15) is 0 Å². The summed E-state index contributed by atoms with van der Waals surface area (Å²) in [5.41, 5.74) is 0.631. The Hall–Kier alpha value is -2.21. The Morgan fingerprint density at radius 3 is 2.41 bits per heavy atom. The third-order valence-electron chi connectivity index (χ3n) is 4.74. The van der Waals surface area contributed by atoms with Gasteiger partial charge in [-0.25, -0.2) is 4.98 Å². The van der Waals surface area contributed by atoms with Crippen LogP contribution in [0.1, 0.15) is 46.0 Å². The molecule has 0 aliphatic heterocycles. The number of nitrogens with zero attached hydrogens (tertiary/aromatic N) is 4. The van der Waals surface area contributed by atoms with Crippen LogP contribution in [0.25, 0.3) is 10.9 Å². The van der Waals surface area contributed by atoms with Crippen molar-refractivity contribution in [1.29, 1.82) is 0 Å². The van der Waals surface area contributed by atoms with E-state index in [-0.39, 0.29) is 23.4 Å². The molecule has 1 heterocycles. The summed E-state index contributed by atoms with van der Waals surface area (Å²) in [6, 6.07) is 7.12. The van der Waals surface area contributed by atoms with Crippen molar-refractivity contribution in [2.24, 2.45) is 5.92 Å². The number of benzene rings is 1. The Morgan fingerprint density at radius 2 is 1.81 bits per heavy atom. The fourth-order valence-corrected chi connectivity index (χ4v) is 3.26. The van der Waals surface area contributed by atoms with Gasteiger partial charge in [-0.1, -0.05) is 26.0 Å². The van der Waals surface area contributed by atoms with E-state index in [9.17, 15) is 9.59 Å². The molecule has 0 aliphatic carbocycles. The lowest BCUT2D eigenvalue weighted by Crippen LogP contribution is -2.41. The molecule has 2 rings (SSSR count). The predicted octanol–water partition coefficient (Wildman–Crippen LogP) is 2.91. The lowest BCUT2D eigenvalue weighted by atomic mass is 10.1. The van der Waals surface area contributed by atoms with Crippen molar-refractivity contribution in [3.05, 3.63) is 40.4 Å². The third kappa shape index (κ3) is 4.95. The van der Waals surface area contributed by atoms with Gasteiger partial charge in [0.25, 0.3) is 5.56 Å². The normalized spacial score (nSPS) is 12.7. The first-order chi connectivity index (χ1) is 12.8. The number of amides is 1. The van der Waals surface area contributed by atoms with Crippen molar-refractivity contribution in [1.82, 2.24) is 19.4 Å². The highest BCUT2D eigenvalue weighted by Gasteiger charge is 2.26. The highest BCUT2D eigenvalue weighted by Crippen LogP contribution is 2.22. The summed E-state index contributed by atoms with van der Waals surface area (Å²) in [6.45, 7) is 9.89. The van der Waals surface area contributed by atoms with E-state index in [0.29, 0.717) is 36.2 Å². The number of para-hydroxylation sites is 1. The molecular formula is C21H32N4O2. The molecule has 1 aromatic carbocycles. The van der Waals surface area contributed by atoms with Gasteiger partial charge in [0.1, 0.15) is 5.82 Å². The largest absolute Gasteiger partial charge is 0.331 e. The fraction of sp³-hybridized carbons (Fsp3) is 0.571. The number of likely N-dealkylation sites (N-methyl/N-ethyl adjacent to an activating group) is 1. The van der Waals surface area contributed by atoms with Crippen molar-refractivity contribution in [2.75, 3.05) is 27.2 Å². The molecule has 6 heteroatoms. The van der Waals surface area contributed by atoms with Crippen molar-refractivity contribution < 1.29 is 4.79 Å². The van der Waals surface area contributed by atoms with Crippen molar-refractivity contribution in [3.63, 3.8) is 0 Å². The summed E-state index contributed by atoms with van der Waals surface area (Å²) in [5, 5.41) is 0.614. The molecule has 0 aliphatic rings. The quantitative estimate of drug-likeness (QED) is 0.715. The topological polar surface area (TPSA) is 58.4 Å². The van der Waals surface area contributed by atoms with Crippen LogP contribution in [0.4, 0.5) is 0 Å². The van der Waals surface area contributed by atoms with Gasteiger partial charge in [0.05, 0.1) is 16.9 Å². The summed E-state index contributed by atoms with van der Waals surface area (Å²) in [7, 11) is 3.98. The maximum Gasteiger partial charge on any atom is 0.261 e. The van der Waals surface area contributed by atoms with Crippen LogP contribution in [0, 0.1) is 5.92 Å². The maximum absolute atomic E-state index is 12.9. The zero-order valence-corrected chi connectivity index (χ0v) is 17.4. The van der Waals surface area contributed by atoms with Gasteiger partial charge >= 0.3 is 0 Å². The number of hydrogen-bond acceptors (Lipinski definition) is 4. The Balaban J connectivity index is 2.50. The Bertz CT molecular complexity index is 842. The molecule has 0 bridgehead atoms. The number of hydrogen-bond donors (Lipinski definition) is 0. The first kappa shape index (κ1) is 21.1. The van der Waals surface area contributed by atoms with E-state index in [4.69, 9.17) is 4.98 Å². The van der Waals surface area contributed by atoms with Gasteiger partial charge in [-0.05, 0) is 46.0 Å². The second kappa shape index (κ2) is 9.13. The average Bonchev–Trinajstić information content (AvgIpc) is 2.60. The fourth-order valence-electron chi connectivity index (χ4n) is 3.26. The van der Waals surface area contributed by atoms with Crippen molar-refractivity contribution in [3.8, 4) is 0 Å². The molecule has 0 radical (unpaired) electrons. The average molecular weight is 373 g/mol. The van der Waals surface area contributed by atoms with Crippen LogP contribution in [0.2, 0.25) is 0 Å². The first-order valence-corrected chi connectivity index (χ1v) is 9.69. The number of carbonyl (C=O) groups excluding carboxylic acids is 1. The minimum atomic E-state index is -0.270. The molecule has 2 aromatic rings. The van der Waals surface area contributed by atoms with E-state index in [1.165, 1.54) is 0 Å². The zero-order chi connectivity index (χ0) is 20.1. The minimum absolute atomic E-state index is 0.0474. The van der Waals surface area contributed by atoms with Crippen LogP contribution < -0.4 is 5.56 Å². The maximum atomic E-state index is 12.9. The molecule has 148 valence electrons. The Morgan fingerprint density at radius 1 is 1.15 bits per heavy atom. The zero-order valence-electron chi connectivity index (χ0n) is 17.4. The summed E-state index contributed by atoms with van der Waals surface area (Å²) in [6.07, 6.45) is 0.488. The minimum Gasteiger partial charge on any atom is -0.331 e. The molecule has 1 atom stereocenters. The van der Waals surface area contributed by atoms with E-state index in [1.807, 2.05) is 64.9 Å².